The first-order valence-electron chi connectivity index (χ1n) is 13.0. The van der Waals surface area contributed by atoms with Crippen LogP contribution in [0.4, 0.5) is 13.2 Å². The Kier molecular flexibility index (Phi) is 6.39. The van der Waals surface area contributed by atoms with E-state index < -0.39 is 31.1 Å². The zero-order chi connectivity index (χ0) is 26.7. The molecular weight excluding hydrogens is 527 g/mol. The molecule has 2 N–H and O–H groups in total. The molecule has 12 heteroatoms. The molecule has 4 saturated carbocycles. The normalized spacial score (nSPS) is 34.2. The molecule has 7 rings (SSSR count). The van der Waals surface area contributed by atoms with E-state index in [-0.39, 0.29) is 42.0 Å². The standard InChI is InChI=1S/C26H29ClF3N3O5/c27-15-1-2-19-17(11-15)18(34)12-20(36-19)21(35)31-25-6-3-24(4-7-25,5-8-25)23-33-32-22(37-23)14-9-16(10-14)38-26(29,30)13-28/h1-2,11,14,16,18,20,34H,3-10,12-13H2,(H,31,35)/t14-,16+,18-,20-,24?,25?/m1/s1. The first kappa shape index (κ1) is 25.9. The Bertz CT molecular complexity index is 1200. The molecule has 38 heavy (non-hydrogen) atoms. The van der Waals surface area contributed by atoms with Crippen LogP contribution in [0.25, 0.3) is 0 Å². The molecule has 0 unspecified atom stereocenters. The van der Waals surface area contributed by atoms with Gasteiger partial charge in [-0.05, 0) is 69.6 Å². The largest absolute Gasteiger partial charge is 0.480 e. The highest BCUT2D eigenvalue weighted by Gasteiger charge is 2.53. The van der Waals surface area contributed by atoms with Crippen LogP contribution in [0.1, 0.15) is 87.2 Å². The zero-order valence-electron chi connectivity index (χ0n) is 20.6. The van der Waals surface area contributed by atoms with Gasteiger partial charge in [-0.25, -0.2) is 4.39 Å². The van der Waals surface area contributed by atoms with Gasteiger partial charge < -0.3 is 24.3 Å². The van der Waals surface area contributed by atoms with Gasteiger partial charge in [-0.1, -0.05) is 11.6 Å². The van der Waals surface area contributed by atoms with Crippen molar-refractivity contribution in [2.45, 2.75) is 99.1 Å². The summed E-state index contributed by atoms with van der Waals surface area (Å²) in [4.78, 5) is 13.2. The monoisotopic (exact) mass is 555 g/mol. The molecule has 4 aliphatic carbocycles. The van der Waals surface area contributed by atoms with Crippen molar-refractivity contribution in [3.8, 4) is 5.75 Å². The first-order valence-corrected chi connectivity index (χ1v) is 13.4. The van der Waals surface area contributed by atoms with E-state index in [9.17, 15) is 23.1 Å². The molecule has 206 valence electrons. The molecule has 2 atom stereocenters. The fourth-order valence-corrected chi connectivity index (χ4v) is 6.55. The van der Waals surface area contributed by atoms with Crippen molar-refractivity contribution in [3.05, 3.63) is 40.6 Å². The number of halogens is 4. The first-order chi connectivity index (χ1) is 18.1. The lowest BCUT2D eigenvalue weighted by Crippen LogP contribution is -2.60. The van der Waals surface area contributed by atoms with E-state index in [0.717, 1.165) is 38.5 Å². The fraction of sp³-hybridized carbons (Fsp3) is 0.654. The summed E-state index contributed by atoms with van der Waals surface area (Å²) in [6.07, 6.45) is -0.847. The second-order valence-electron chi connectivity index (χ2n) is 11.2. The number of nitrogens with one attached hydrogen (secondary N) is 1. The average molecular weight is 556 g/mol. The summed E-state index contributed by atoms with van der Waals surface area (Å²) < 4.78 is 55.0. The van der Waals surface area contributed by atoms with E-state index in [4.69, 9.17) is 20.8 Å². The van der Waals surface area contributed by atoms with Crippen LogP contribution in [0.5, 0.6) is 5.75 Å². The molecule has 0 radical (unpaired) electrons. The van der Waals surface area contributed by atoms with Crippen molar-refractivity contribution in [2.75, 3.05) is 6.67 Å². The number of nitrogens with zero attached hydrogens (tertiary/aromatic N) is 2. The molecule has 1 aromatic carbocycles. The van der Waals surface area contributed by atoms with Gasteiger partial charge in [0.05, 0.1) is 12.2 Å². The summed E-state index contributed by atoms with van der Waals surface area (Å²) in [6, 6.07) is 4.99. The van der Waals surface area contributed by atoms with E-state index in [1.807, 2.05) is 0 Å². The number of alkyl halides is 3. The Labute approximate surface area is 222 Å². The van der Waals surface area contributed by atoms with Crippen LogP contribution < -0.4 is 10.1 Å². The number of aromatic nitrogens is 2. The molecule has 5 aliphatic rings. The predicted molar refractivity (Wildman–Crippen MR) is 128 cm³/mol. The Morgan fingerprint density at radius 1 is 1.16 bits per heavy atom. The lowest BCUT2D eigenvalue weighted by atomic mass is 9.57. The van der Waals surface area contributed by atoms with Gasteiger partial charge in [-0.15, -0.1) is 10.2 Å². The number of ether oxygens (including phenoxy) is 2. The summed E-state index contributed by atoms with van der Waals surface area (Å²) in [5.41, 5.74) is -0.0356. The lowest BCUT2D eigenvalue weighted by molar-refractivity contribution is -0.282. The smallest absolute Gasteiger partial charge is 0.384 e. The summed E-state index contributed by atoms with van der Waals surface area (Å²) in [6.45, 7) is -1.84. The minimum Gasteiger partial charge on any atom is -0.480 e. The van der Waals surface area contributed by atoms with E-state index in [2.05, 4.69) is 20.3 Å². The number of fused-ring (bicyclic) bond motifs is 4. The Hall–Kier alpha value is -2.37. The molecule has 2 bridgehead atoms. The number of hydrogen-bond donors (Lipinski definition) is 2. The lowest BCUT2D eigenvalue weighted by Gasteiger charge is -2.52. The number of benzene rings is 1. The summed E-state index contributed by atoms with van der Waals surface area (Å²) in [5, 5.41) is 22.8. The van der Waals surface area contributed by atoms with E-state index in [1.54, 1.807) is 18.2 Å². The fourth-order valence-electron chi connectivity index (χ4n) is 6.37. The highest BCUT2D eigenvalue weighted by atomic mass is 35.5. The second-order valence-corrected chi connectivity index (χ2v) is 11.7. The quantitative estimate of drug-likeness (QED) is 0.501. The maximum absolute atomic E-state index is 13.2. The minimum atomic E-state index is -3.76. The number of carbonyl (C=O) groups excluding carboxylic acids is 1. The predicted octanol–water partition coefficient (Wildman–Crippen LogP) is 4.89. The van der Waals surface area contributed by atoms with Crippen LogP contribution in [0.15, 0.2) is 22.6 Å². The molecule has 0 saturated heterocycles. The summed E-state index contributed by atoms with van der Waals surface area (Å²) in [5.74, 6) is 1.01. The highest BCUT2D eigenvalue weighted by molar-refractivity contribution is 6.30. The van der Waals surface area contributed by atoms with E-state index >= 15 is 0 Å². The topological polar surface area (TPSA) is 107 Å². The molecule has 2 aromatic rings. The van der Waals surface area contributed by atoms with Gasteiger partial charge in [-0.2, -0.15) is 8.78 Å². The third-order valence-electron chi connectivity index (χ3n) is 8.80. The number of carbonyl (C=O) groups is 1. The molecule has 2 heterocycles. The van der Waals surface area contributed by atoms with Gasteiger partial charge in [0.15, 0.2) is 12.8 Å². The molecule has 8 nitrogen and oxygen atoms in total. The van der Waals surface area contributed by atoms with Gasteiger partial charge in [0, 0.05) is 33.9 Å². The number of aliphatic hydroxyl groups is 1. The Morgan fingerprint density at radius 2 is 1.87 bits per heavy atom. The minimum absolute atomic E-state index is 0.155. The van der Waals surface area contributed by atoms with Crippen LogP contribution in [0.2, 0.25) is 5.02 Å². The van der Waals surface area contributed by atoms with Gasteiger partial charge in [0.25, 0.3) is 5.91 Å². The zero-order valence-corrected chi connectivity index (χ0v) is 21.4. The third kappa shape index (κ3) is 4.66. The summed E-state index contributed by atoms with van der Waals surface area (Å²) >= 11 is 6.02. The Balaban J connectivity index is 1.05. The average Bonchev–Trinajstić information content (AvgIpc) is 3.38. The van der Waals surface area contributed by atoms with E-state index in [1.165, 1.54) is 0 Å². The van der Waals surface area contributed by atoms with Crippen LogP contribution in [0, 0.1) is 0 Å². The number of amides is 1. The van der Waals surface area contributed by atoms with Crippen LogP contribution in [-0.4, -0.2) is 51.7 Å². The second kappa shape index (κ2) is 9.38. The van der Waals surface area contributed by atoms with Crippen LogP contribution in [0.3, 0.4) is 0 Å². The maximum atomic E-state index is 13.2. The van der Waals surface area contributed by atoms with Crippen molar-refractivity contribution >= 4 is 17.5 Å². The van der Waals surface area contributed by atoms with E-state index in [0.29, 0.717) is 28.1 Å². The number of aliphatic hydroxyl groups excluding tert-OH is 1. The third-order valence-corrected chi connectivity index (χ3v) is 9.03. The van der Waals surface area contributed by atoms with Crippen molar-refractivity contribution in [1.29, 1.82) is 0 Å². The Morgan fingerprint density at radius 3 is 2.55 bits per heavy atom. The molecule has 4 fully saturated rings. The number of rotatable bonds is 7. The molecule has 0 spiro atoms. The van der Waals surface area contributed by atoms with Crippen LogP contribution >= 0.6 is 11.6 Å². The molecule has 1 aliphatic heterocycles. The SMILES string of the molecule is O=C(NC12CCC(c3nnc([C@H]4C[C@@H](OC(F)(F)CF)C4)o3)(CC1)CC2)[C@H]1C[C@@H](O)c2cc(Cl)ccc2O1. The molecule has 1 aromatic heterocycles. The van der Waals surface area contributed by atoms with Crippen molar-refractivity contribution < 1.29 is 37.0 Å². The maximum Gasteiger partial charge on any atom is 0.384 e. The van der Waals surface area contributed by atoms with Gasteiger partial charge in [0.2, 0.25) is 11.8 Å². The molecular formula is C26H29ClF3N3O5. The van der Waals surface area contributed by atoms with Gasteiger partial charge in [0.1, 0.15) is 5.75 Å². The number of hydrogen-bond acceptors (Lipinski definition) is 7. The van der Waals surface area contributed by atoms with Crippen molar-refractivity contribution in [2.24, 2.45) is 0 Å². The van der Waals surface area contributed by atoms with Crippen molar-refractivity contribution in [1.82, 2.24) is 15.5 Å². The highest BCUT2D eigenvalue weighted by Crippen LogP contribution is 2.54. The molecule has 1 amide bonds. The van der Waals surface area contributed by atoms with Gasteiger partial charge in [-0.3, -0.25) is 4.79 Å². The van der Waals surface area contributed by atoms with Crippen molar-refractivity contribution in [3.63, 3.8) is 0 Å². The van der Waals surface area contributed by atoms with Crippen LogP contribution in [-0.2, 0) is 14.9 Å². The summed E-state index contributed by atoms with van der Waals surface area (Å²) in [7, 11) is 0. The van der Waals surface area contributed by atoms with Gasteiger partial charge >= 0.3 is 6.11 Å².